The van der Waals surface area contributed by atoms with Gasteiger partial charge in [-0.2, -0.15) is 0 Å². The molecule has 2 aliphatic rings. The Bertz CT molecular complexity index is 1130. The van der Waals surface area contributed by atoms with Gasteiger partial charge in [-0.15, -0.1) is 0 Å². The third-order valence-corrected chi connectivity index (χ3v) is 8.83. The summed E-state index contributed by atoms with van der Waals surface area (Å²) in [7, 11) is -2.63. The average molecular weight is 585 g/mol. The number of sulfonamides is 1. The Morgan fingerprint density at radius 2 is 1.91 bits per heavy atom. The van der Waals surface area contributed by atoms with Gasteiger partial charge >= 0.3 is 5.97 Å². The van der Waals surface area contributed by atoms with E-state index < -0.39 is 16.0 Å². The third-order valence-electron chi connectivity index (χ3n) is 6.24. The summed E-state index contributed by atoms with van der Waals surface area (Å²) in [6.07, 6.45) is 3.34. The van der Waals surface area contributed by atoms with Crippen molar-refractivity contribution in [1.29, 1.82) is 0 Å². The van der Waals surface area contributed by atoms with Gasteiger partial charge in [0.2, 0.25) is 0 Å². The molecule has 178 valence electrons. The molecule has 0 saturated carbocycles. The van der Waals surface area contributed by atoms with E-state index in [-0.39, 0.29) is 16.5 Å². The highest BCUT2D eigenvalue weighted by Gasteiger charge is 2.35. The van der Waals surface area contributed by atoms with Gasteiger partial charge in [-0.3, -0.25) is 4.31 Å². The number of esters is 1. The highest BCUT2D eigenvalue weighted by Crippen LogP contribution is 2.37. The molecule has 0 aromatic heterocycles. The second kappa shape index (κ2) is 10.2. The minimum absolute atomic E-state index is 0.0413. The number of aryl methyl sites for hydroxylation is 1. The summed E-state index contributed by atoms with van der Waals surface area (Å²) < 4.78 is 46.3. The lowest BCUT2D eigenvalue weighted by atomic mass is 9.99. The highest BCUT2D eigenvalue weighted by atomic mass is 127. The minimum Gasteiger partial charge on any atom is -0.492 e. The number of benzene rings is 2. The fourth-order valence-corrected chi connectivity index (χ4v) is 6.66. The van der Waals surface area contributed by atoms with Gasteiger partial charge in [0.1, 0.15) is 11.3 Å². The zero-order valence-corrected chi connectivity index (χ0v) is 21.7. The van der Waals surface area contributed by atoms with Crippen molar-refractivity contribution in [1.82, 2.24) is 0 Å². The molecule has 0 bridgehead atoms. The molecule has 0 N–H and O–H groups in total. The summed E-state index contributed by atoms with van der Waals surface area (Å²) in [5.74, 6) is 0.0331. The topological polar surface area (TPSA) is 82.1 Å². The molecule has 1 saturated heterocycles. The van der Waals surface area contributed by atoms with E-state index in [4.69, 9.17) is 14.2 Å². The third kappa shape index (κ3) is 5.14. The molecule has 4 rings (SSSR count). The van der Waals surface area contributed by atoms with Crippen molar-refractivity contribution in [3.63, 3.8) is 0 Å². The molecule has 1 fully saturated rings. The molecule has 0 spiro atoms. The fraction of sp³-hybridized carbons (Fsp3) is 0.458. The lowest BCUT2D eigenvalue weighted by molar-refractivity contribution is 0.0483. The lowest BCUT2D eigenvalue weighted by Gasteiger charge is -2.36. The van der Waals surface area contributed by atoms with Gasteiger partial charge in [-0.05, 0) is 103 Å². The second-order valence-corrected chi connectivity index (χ2v) is 11.5. The molecule has 2 aromatic rings. The van der Waals surface area contributed by atoms with E-state index in [0.29, 0.717) is 37.2 Å². The largest absolute Gasteiger partial charge is 0.492 e. The maximum atomic E-state index is 13.7. The van der Waals surface area contributed by atoms with Crippen molar-refractivity contribution < 1.29 is 27.4 Å². The number of carbonyl (C=O) groups excluding carboxylic acids is 1. The molecule has 2 aliphatic heterocycles. The van der Waals surface area contributed by atoms with Crippen molar-refractivity contribution in [2.24, 2.45) is 5.92 Å². The number of carbonyl (C=O) groups is 1. The molecule has 7 nitrogen and oxygen atoms in total. The van der Waals surface area contributed by atoms with Gasteiger partial charge in [-0.1, -0.05) is 0 Å². The number of fused-ring (bicyclic) bond motifs is 1. The van der Waals surface area contributed by atoms with Gasteiger partial charge in [0.15, 0.2) is 0 Å². The molecule has 0 unspecified atom stereocenters. The Balaban J connectivity index is 1.67. The zero-order valence-electron chi connectivity index (χ0n) is 18.8. The predicted octanol–water partition coefficient (Wildman–Crippen LogP) is 4.41. The Kier molecular flexibility index (Phi) is 7.49. The molecule has 0 aliphatic carbocycles. The van der Waals surface area contributed by atoms with E-state index in [0.717, 1.165) is 34.8 Å². The number of methoxy groups -OCH3 is 1. The summed E-state index contributed by atoms with van der Waals surface area (Å²) in [5, 5.41) is 0. The zero-order chi connectivity index (χ0) is 23.6. The summed E-state index contributed by atoms with van der Waals surface area (Å²) in [6.45, 7) is 3.74. The van der Waals surface area contributed by atoms with Crippen LogP contribution >= 0.6 is 22.6 Å². The van der Waals surface area contributed by atoms with E-state index >= 15 is 0 Å². The fourth-order valence-electron chi connectivity index (χ4n) is 4.35. The normalized spacial score (nSPS) is 19.1. The molecular weight excluding hydrogens is 557 g/mol. The van der Waals surface area contributed by atoms with Crippen LogP contribution in [0.2, 0.25) is 0 Å². The van der Waals surface area contributed by atoms with Crippen LogP contribution in [0.1, 0.15) is 42.1 Å². The van der Waals surface area contributed by atoms with Gasteiger partial charge in [0.05, 0.1) is 24.3 Å². The summed E-state index contributed by atoms with van der Waals surface area (Å²) >= 11 is 2.23. The van der Waals surface area contributed by atoms with Gasteiger partial charge < -0.3 is 14.2 Å². The maximum absolute atomic E-state index is 13.7. The molecule has 2 heterocycles. The van der Waals surface area contributed by atoms with Crippen molar-refractivity contribution in [3.8, 4) is 5.75 Å². The van der Waals surface area contributed by atoms with Gasteiger partial charge in [0, 0.05) is 22.8 Å². The molecule has 1 atom stereocenters. The van der Waals surface area contributed by atoms with Gasteiger partial charge in [-0.25, -0.2) is 13.2 Å². The van der Waals surface area contributed by atoms with Crippen LogP contribution in [0.5, 0.6) is 5.75 Å². The monoisotopic (exact) mass is 585 g/mol. The number of anilines is 1. The standard InChI is InChI=1S/C24H28INO6S/c1-16-3-4-18-13-19(25)5-7-22(18)26(16)33(28,29)20-6-8-23(21(14-20)24(27)30-2)32-15-17-9-11-31-12-10-17/h5-8,13-14,16-17H,3-4,9-12,15H2,1-2H3/t16-/m0/s1. The van der Waals surface area contributed by atoms with Gasteiger partial charge in [0.25, 0.3) is 10.0 Å². The smallest absolute Gasteiger partial charge is 0.341 e. The SMILES string of the molecule is COC(=O)c1cc(S(=O)(=O)N2c3ccc(I)cc3CC[C@@H]2C)ccc1OCC1CCOCC1. The van der Waals surface area contributed by atoms with Crippen LogP contribution in [-0.4, -0.2) is 47.4 Å². The Morgan fingerprint density at radius 1 is 1.15 bits per heavy atom. The van der Waals surface area contributed by atoms with Crippen molar-refractivity contribution in [3.05, 3.63) is 51.1 Å². The predicted molar refractivity (Wildman–Crippen MR) is 133 cm³/mol. The van der Waals surface area contributed by atoms with E-state index in [1.54, 1.807) is 6.07 Å². The summed E-state index contributed by atoms with van der Waals surface area (Å²) in [5.41, 5.74) is 1.81. The second-order valence-electron chi connectivity index (χ2n) is 8.48. The first-order chi connectivity index (χ1) is 15.8. The van der Waals surface area contributed by atoms with E-state index in [2.05, 4.69) is 22.6 Å². The van der Waals surface area contributed by atoms with Crippen molar-refractivity contribution >= 4 is 44.3 Å². The van der Waals surface area contributed by atoms with Crippen LogP contribution in [0, 0.1) is 9.49 Å². The molecule has 0 amide bonds. The van der Waals surface area contributed by atoms with Crippen molar-refractivity contribution in [2.45, 2.75) is 43.5 Å². The molecule has 33 heavy (non-hydrogen) atoms. The molecule has 0 radical (unpaired) electrons. The average Bonchev–Trinajstić information content (AvgIpc) is 2.82. The van der Waals surface area contributed by atoms with Crippen LogP contribution in [0.4, 0.5) is 5.69 Å². The number of ether oxygens (including phenoxy) is 3. The van der Waals surface area contributed by atoms with Crippen LogP contribution in [0.25, 0.3) is 0 Å². The quantitative estimate of drug-likeness (QED) is 0.369. The van der Waals surface area contributed by atoms with Crippen LogP contribution in [0.3, 0.4) is 0 Å². The number of nitrogens with zero attached hydrogens (tertiary/aromatic N) is 1. The first kappa shape index (κ1) is 24.3. The summed E-state index contributed by atoms with van der Waals surface area (Å²) in [4.78, 5) is 12.6. The minimum atomic E-state index is -3.90. The molecule has 2 aromatic carbocycles. The molecule has 9 heteroatoms. The number of halogens is 1. The Labute approximate surface area is 208 Å². The summed E-state index contributed by atoms with van der Waals surface area (Å²) in [6, 6.07) is 10.0. The number of hydrogen-bond acceptors (Lipinski definition) is 6. The molecular formula is C24H28INO6S. The van der Waals surface area contributed by atoms with Crippen molar-refractivity contribution in [2.75, 3.05) is 31.2 Å². The maximum Gasteiger partial charge on any atom is 0.341 e. The Hall–Kier alpha value is -1.85. The Morgan fingerprint density at radius 3 is 2.64 bits per heavy atom. The lowest BCUT2D eigenvalue weighted by Crippen LogP contribution is -2.42. The van der Waals surface area contributed by atoms with E-state index in [9.17, 15) is 13.2 Å². The highest BCUT2D eigenvalue weighted by molar-refractivity contribution is 14.1. The first-order valence-electron chi connectivity index (χ1n) is 11.1. The van der Waals surface area contributed by atoms with E-state index in [1.807, 2.05) is 25.1 Å². The van der Waals surface area contributed by atoms with Crippen LogP contribution in [-0.2, 0) is 25.9 Å². The number of rotatable bonds is 6. The first-order valence-corrected chi connectivity index (χ1v) is 13.6. The van der Waals surface area contributed by atoms with Crippen LogP contribution in [0.15, 0.2) is 41.3 Å². The number of hydrogen-bond donors (Lipinski definition) is 0. The van der Waals surface area contributed by atoms with E-state index in [1.165, 1.54) is 23.5 Å². The van der Waals surface area contributed by atoms with Crippen LogP contribution < -0.4 is 9.04 Å².